The largest absolute Gasteiger partial charge is 0.452 e. The lowest BCUT2D eigenvalue weighted by Crippen LogP contribution is -2.31. The van der Waals surface area contributed by atoms with E-state index < -0.39 is 30.2 Å². The molecule has 0 atom stereocenters. The molecule has 0 saturated heterocycles. The number of carbonyl (C=O) groups excluding carboxylic acids is 2. The first-order valence-electron chi connectivity index (χ1n) is 11.1. The van der Waals surface area contributed by atoms with E-state index in [1.54, 1.807) is 54.6 Å². The maximum Gasteiger partial charge on any atom is 0.416 e. The van der Waals surface area contributed by atoms with Crippen LogP contribution in [0.25, 0.3) is 11.3 Å². The van der Waals surface area contributed by atoms with Crippen LogP contribution in [0.3, 0.4) is 0 Å². The number of aryl methyl sites for hydroxylation is 1. The van der Waals surface area contributed by atoms with Crippen molar-refractivity contribution in [2.45, 2.75) is 13.1 Å². The summed E-state index contributed by atoms with van der Waals surface area (Å²) in [6, 6.07) is 19.4. The van der Waals surface area contributed by atoms with Crippen molar-refractivity contribution in [3.8, 4) is 11.3 Å². The zero-order valence-electron chi connectivity index (χ0n) is 19.8. The highest BCUT2D eigenvalue weighted by Crippen LogP contribution is 2.33. The number of hydrogen-bond donors (Lipinski definition) is 0. The summed E-state index contributed by atoms with van der Waals surface area (Å²) in [6.45, 7) is 0.665. The van der Waals surface area contributed by atoms with E-state index in [1.165, 1.54) is 19.2 Å². The minimum absolute atomic E-state index is 0.0377. The Balaban J connectivity index is 1.59. The lowest BCUT2D eigenvalue weighted by Gasteiger charge is -2.18. The molecule has 0 radical (unpaired) electrons. The third kappa shape index (κ3) is 6.09. The van der Waals surface area contributed by atoms with Gasteiger partial charge in [0.2, 0.25) is 0 Å². The summed E-state index contributed by atoms with van der Waals surface area (Å²) in [4.78, 5) is 26.0. The summed E-state index contributed by atoms with van der Waals surface area (Å²) in [5.74, 6) is -1.68. The molecule has 0 unspecified atom stereocenters. The molecule has 1 aromatic heterocycles. The van der Waals surface area contributed by atoms with Gasteiger partial charge >= 0.3 is 12.1 Å². The number of anilines is 1. The van der Waals surface area contributed by atoms with Crippen molar-refractivity contribution in [2.75, 3.05) is 11.6 Å². The van der Waals surface area contributed by atoms with E-state index >= 15 is 0 Å². The lowest BCUT2D eigenvalue weighted by molar-refractivity contribution is -0.137. The van der Waals surface area contributed by atoms with Crippen LogP contribution in [-0.4, -0.2) is 29.9 Å². The zero-order valence-corrected chi connectivity index (χ0v) is 20.5. The predicted molar refractivity (Wildman–Crippen MR) is 135 cm³/mol. The molecule has 1 heterocycles. The molecular formula is C27H19ClF3N3O4. The predicted octanol–water partition coefficient (Wildman–Crippen LogP) is 6.55. The van der Waals surface area contributed by atoms with E-state index in [1.807, 2.05) is 0 Å². The number of nitrogens with zero attached hydrogens (tertiary/aromatic N) is 3. The van der Waals surface area contributed by atoms with Crippen molar-refractivity contribution in [2.24, 2.45) is 5.10 Å². The summed E-state index contributed by atoms with van der Waals surface area (Å²) < 4.78 is 50.3. The van der Waals surface area contributed by atoms with Gasteiger partial charge < -0.3 is 9.26 Å². The molecule has 0 aliphatic heterocycles. The number of esters is 1. The lowest BCUT2D eigenvalue weighted by atomic mass is 10.1. The molecule has 0 aliphatic rings. The average Bonchev–Trinajstić information content (AvgIpc) is 3.29. The minimum atomic E-state index is -4.64. The van der Waals surface area contributed by atoms with Crippen LogP contribution in [0.5, 0.6) is 0 Å². The first-order chi connectivity index (χ1) is 18.1. The van der Waals surface area contributed by atoms with Crippen LogP contribution in [0.2, 0.25) is 5.02 Å². The van der Waals surface area contributed by atoms with Gasteiger partial charge in [-0.1, -0.05) is 71.4 Å². The van der Waals surface area contributed by atoms with Crippen LogP contribution in [0.4, 0.5) is 18.9 Å². The quantitative estimate of drug-likeness (QED) is 0.150. The maximum absolute atomic E-state index is 13.3. The molecule has 7 nitrogen and oxygen atoms in total. The highest BCUT2D eigenvalue weighted by Gasteiger charge is 2.32. The van der Waals surface area contributed by atoms with E-state index in [4.69, 9.17) is 20.9 Å². The monoisotopic (exact) mass is 541 g/mol. The summed E-state index contributed by atoms with van der Waals surface area (Å²) >= 11 is 6.22. The number of hydrogen-bond acceptors (Lipinski definition) is 6. The molecule has 0 saturated carbocycles. The van der Waals surface area contributed by atoms with Gasteiger partial charge in [-0.25, -0.2) is 4.79 Å². The highest BCUT2D eigenvalue weighted by atomic mass is 35.5. The van der Waals surface area contributed by atoms with Crippen LogP contribution < -0.4 is 5.01 Å². The van der Waals surface area contributed by atoms with Crippen molar-refractivity contribution >= 4 is 35.4 Å². The SMILES string of the molecule is Cc1onc(-c2ccccc2Cl)c1C(=O)OCC(=O)N(N=Cc1ccccc1)c1cccc(C(F)(F)F)c1. The van der Waals surface area contributed by atoms with Gasteiger partial charge in [-0.3, -0.25) is 4.79 Å². The van der Waals surface area contributed by atoms with Crippen molar-refractivity contribution in [3.63, 3.8) is 0 Å². The van der Waals surface area contributed by atoms with Crippen molar-refractivity contribution in [3.05, 3.63) is 106 Å². The van der Waals surface area contributed by atoms with E-state index in [-0.39, 0.29) is 22.7 Å². The Morgan fingerprint density at radius 3 is 2.47 bits per heavy atom. The Bertz CT molecular complexity index is 1490. The first-order valence-corrected chi connectivity index (χ1v) is 11.5. The fraction of sp³-hybridized carbons (Fsp3) is 0.111. The zero-order chi connectivity index (χ0) is 27.3. The van der Waals surface area contributed by atoms with E-state index in [0.717, 1.165) is 23.2 Å². The Kier molecular flexibility index (Phi) is 7.92. The first kappa shape index (κ1) is 26.6. The number of carbonyl (C=O) groups is 2. The molecule has 0 bridgehead atoms. The topological polar surface area (TPSA) is 85.0 Å². The number of aromatic nitrogens is 1. The third-order valence-corrected chi connectivity index (χ3v) is 5.63. The molecule has 1 amide bonds. The molecule has 38 heavy (non-hydrogen) atoms. The van der Waals surface area contributed by atoms with Crippen LogP contribution in [0.15, 0.2) is 88.5 Å². The second-order valence-electron chi connectivity index (χ2n) is 7.93. The van der Waals surface area contributed by atoms with Gasteiger partial charge in [0.05, 0.1) is 22.5 Å². The standard InChI is InChI=1S/C27H19ClF3N3O4/c1-17-24(25(33-38-17)21-12-5-6-13-22(21)28)26(36)37-16-23(35)34(32-15-18-8-3-2-4-9-18)20-11-7-10-19(14-20)27(29,30)31/h2-15H,16H2,1H3. The van der Waals surface area contributed by atoms with Crippen molar-refractivity contribution < 1.29 is 32.0 Å². The molecule has 0 fully saturated rings. The Labute approximate surface area is 220 Å². The van der Waals surface area contributed by atoms with Gasteiger partial charge in [-0.2, -0.15) is 23.3 Å². The molecule has 0 N–H and O–H groups in total. The number of rotatable bonds is 7. The molecule has 0 aliphatic carbocycles. The summed E-state index contributed by atoms with van der Waals surface area (Å²) in [5.41, 5.74) is -0.0251. The van der Waals surface area contributed by atoms with E-state index in [2.05, 4.69) is 10.3 Å². The van der Waals surface area contributed by atoms with Crippen LogP contribution in [-0.2, 0) is 15.7 Å². The molecule has 4 rings (SSSR count). The van der Waals surface area contributed by atoms with Crippen molar-refractivity contribution in [1.82, 2.24) is 5.16 Å². The molecule has 0 spiro atoms. The number of benzene rings is 3. The Morgan fingerprint density at radius 1 is 1.05 bits per heavy atom. The molecule has 11 heteroatoms. The average molecular weight is 542 g/mol. The number of ether oxygens (including phenoxy) is 1. The van der Waals surface area contributed by atoms with Gasteiger partial charge in [0.15, 0.2) is 6.61 Å². The van der Waals surface area contributed by atoms with E-state index in [0.29, 0.717) is 16.1 Å². The summed E-state index contributed by atoms with van der Waals surface area (Å²) in [6.07, 6.45) is -3.33. The summed E-state index contributed by atoms with van der Waals surface area (Å²) in [7, 11) is 0. The van der Waals surface area contributed by atoms with Gasteiger partial charge in [0, 0.05) is 5.56 Å². The third-order valence-electron chi connectivity index (χ3n) is 5.30. The smallest absolute Gasteiger partial charge is 0.416 e. The number of hydrazone groups is 1. The molecule has 194 valence electrons. The second-order valence-corrected chi connectivity index (χ2v) is 8.33. The van der Waals surface area contributed by atoms with Gasteiger partial charge in [0.25, 0.3) is 5.91 Å². The molecule has 3 aromatic carbocycles. The molecule has 4 aromatic rings. The minimum Gasteiger partial charge on any atom is -0.452 e. The van der Waals surface area contributed by atoms with E-state index in [9.17, 15) is 22.8 Å². The highest BCUT2D eigenvalue weighted by molar-refractivity contribution is 6.33. The number of halogens is 4. The van der Waals surface area contributed by atoms with Crippen LogP contribution >= 0.6 is 11.6 Å². The fourth-order valence-corrected chi connectivity index (χ4v) is 3.69. The Morgan fingerprint density at radius 2 is 1.76 bits per heavy atom. The maximum atomic E-state index is 13.3. The Hall–Kier alpha value is -4.44. The molecular weight excluding hydrogens is 523 g/mol. The van der Waals surface area contributed by atoms with Gasteiger partial charge in [-0.05, 0) is 36.8 Å². The second kappa shape index (κ2) is 11.3. The number of alkyl halides is 3. The van der Waals surface area contributed by atoms with Gasteiger partial charge in [0.1, 0.15) is 17.0 Å². The summed E-state index contributed by atoms with van der Waals surface area (Å²) in [5, 5.41) is 9.02. The normalized spacial score (nSPS) is 11.5. The van der Waals surface area contributed by atoms with Crippen LogP contribution in [0, 0.1) is 6.92 Å². The van der Waals surface area contributed by atoms with Crippen molar-refractivity contribution in [1.29, 1.82) is 0 Å². The number of amides is 1. The van der Waals surface area contributed by atoms with Gasteiger partial charge in [-0.15, -0.1) is 0 Å². The van der Waals surface area contributed by atoms with Crippen LogP contribution in [0.1, 0.15) is 27.2 Å². The fourth-order valence-electron chi connectivity index (χ4n) is 3.46.